The number of rotatable bonds is 5. The molecule has 2 aromatic heterocycles. The van der Waals surface area contributed by atoms with Crippen LogP contribution in [0.25, 0.3) is 0 Å². The number of hydrazone groups is 1. The molecule has 0 bridgehead atoms. The second-order valence-corrected chi connectivity index (χ2v) is 8.20. The predicted molar refractivity (Wildman–Crippen MR) is 106 cm³/mol. The summed E-state index contributed by atoms with van der Waals surface area (Å²) in [5, 5.41) is 9.15. The fourth-order valence-corrected chi connectivity index (χ4v) is 4.89. The number of hydrogen-bond acceptors (Lipinski definition) is 6. The average molecular weight is 392 g/mol. The van der Waals surface area contributed by atoms with Crippen LogP contribution in [0.2, 0.25) is 0 Å². The largest absolute Gasteiger partial charge is 0.462 e. The van der Waals surface area contributed by atoms with E-state index in [0.29, 0.717) is 23.1 Å². The van der Waals surface area contributed by atoms with Crippen molar-refractivity contribution in [2.45, 2.75) is 33.1 Å². The summed E-state index contributed by atoms with van der Waals surface area (Å²) in [6.07, 6.45) is 4.37. The number of amides is 2. The smallest absolute Gasteiger partial charge is 0.341 e. The number of hydrogen-bond donors (Lipinski definition) is 2. The molecular weight excluding hydrogens is 370 g/mol. The summed E-state index contributed by atoms with van der Waals surface area (Å²) < 4.78 is 5.20. The van der Waals surface area contributed by atoms with Gasteiger partial charge in [-0.15, -0.1) is 22.7 Å². The third-order valence-electron chi connectivity index (χ3n) is 4.12. The quantitative estimate of drug-likeness (QED) is 0.454. The van der Waals surface area contributed by atoms with Crippen molar-refractivity contribution in [3.8, 4) is 0 Å². The van der Waals surface area contributed by atoms with Gasteiger partial charge in [0.25, 0.3) is 0 Å². The molecule has 6 nitrogen and oxygen atoms in total. The van der Waals surface area contributed by atoms with Crippen molar-refractivity contribution in [2.75, 3.05) is 11.9 Å². The highest BCUT2D eigenvalue weighted by molar-refractivity contribution is 7.17. The van der Waals surface area contributed by atoms with E-state index in [2.05, 4.69) is 22.8 Å². The molecule has 0 aliphatic heterocycles. The highest BCUT2D eigenvalue weighted by Crippen LogP contribution is 2.40. The molecular formula is C18H21N3O3S2. The Kier molecular flexibility index (Phi) is 6.05. The van der Waals surface area contributed by atoms with Crippen LogP contribution in [0.4, 0.5) is 9.80 Å². The molecule has 0 radical (unpaired) electrons. The van der Waals surface area contributed by atoms with Crippen LogP contribution in [0.1, 0.15) is 45.9 Å². The number of carbonyl (C=O) groups is 2. The minimum Gasteiger partial charge on any atom is -0.462 e. The molecule has 0 spiro atoms. The van der Waals surface area contributed by atoms with E-state index >= 15 is 0 Å². The second-order valence-electron chi connectivity index (χ2n) is 6.12. The average Bonchev–Trinajstić information content (AvgIpc) is 3.22. The van der Waals surface area contributed by atoms with Crippen molar-refractivity contribution in [1.29, 1.82) is 0 Å². The van der Waals surface area contributed by atoms with E-state index in [-0.39, 0.29) is 5.97 Å². The monoisotopic (exact) mass is 391 g/mol. The molecule has 0 fully saturated rings. The molecule has 8 heteroatoms. The van der Waals surface area contributed by atoms with Gasteiger partial charge in [-0.25, -0.2) is 15.0 Å². The summed E-state index contributed by atoms with van der Waals surface area (Å²) >= 11 is 2.99. The maximum absolute atomic E-state index is 12.4. The summed E-state index contributed by atoms with van der Waals surface area (Å²) in [5.74, 6) is 0.199. The van der Waals surface area contributed by atoms with E-state index in [1.165, 1.54) is 22.7 Å². The van der Waals surface area contributed by atoms with Crippen LogP contribution in [0.5, 0.6) is 0 Å². The molecule has 2 amide bonds. The molecule has 3 rings (SSSR count). The number of anilines is 1. The van der Waals surface area contributed by atoms with E-state index < -0.39 is 6.03 Å². The summed E-state index contributed by atoms with van der Waals surface area (Å²) in [7, 11) is 0. The van der Waals surface area contributed by atoms with Gasteiger partial charge in [0.15, 0.2) is 0 Å². The highest BCUT2D eigenvalue weighted by Gasteiger charge is 2.29. The van der Waals surface area contributed by atoms with Crippen molar-refractivity contribution >= 4 is 45.9 Å². The first kappa shape index (κ1) is 18.6. The van der Waals surface area contributed by atoms with Crippen LogP contribution in [0, 0.1) is 5.92 Å². The van der Waals surface area contributed by atoms with Gasteiger partial charge in [0.1, 0.15) is 5.00 Å². The zero-order valence-electron chi connectivity index (χ0n) is 14.7. The first-order chi connectivity index (χ1) is 12.6. The van der Waals surface area contributed by atoms with Gasteiger partial charge in [0, 0.05) is 9.75 Å². The summed E-state index contributed by atoms with van der Waals surface area (Å²) in [5.41, 5.74) is 3.95. The van der Waals surface area contributed by atoms with Gasteiger partial charge in [-0.3, -0.25) is 5.32 Å². The van der Waals surface area contributed by atoms with Crippen LogP contribution in [0.3, 0.4) is 0 Å². The van der Waals surface area contributed by atoms with Crippen LogP contribution >= 0.6 is 22.7 Å². The van der Waals surface area contributed by atoms with Crippen LogP contribution in [-0.4, -0.2) is 24.8 Å². The zero-order chi connectivity index (χ0) is 18.5. The first-order valence-corrected chi connectivity index (χ1v) is 10.2. The number of urea groups is 1. The van der Waals surface area contributed by atoms with Gasteiger partial charge in [-0.2, -0.15) is 5.10 Å². The molecule has 138 valence electrons. The molecule has 26 heavy (non-hydrogen) atoms. The molecule has 1 aliphatic rings. The molecule has 0 unspecified atom stereocenters. The van der Waals surface area contributed by atoms with Gasteiger partial charge < -0.3 is 4.74 Å². The molecule has 0 saturated carbocycles. The number of esters is 1. The fraction of sp³-hybridized carbons (Fsp3) is 0.389. The van der Waals surface area contributed by atoms with E-state index in [1.807, 2.05) is 17.5 Å². The Balaban J connectivity index is 1.75. The Morgan fingerprint density at radius 2 is 2.31 bits per heavy atom. The van der Waals surface area contributed by atoms with Gasteiger partial charge >= 0.3 is 12.0 Å². The SMILES string of the molecule is CCOC(=O)c1c(NC(=O)NN=Cc2cccs2)sc2c1CC[C@@H](C)C2. The molecule has 1 atom stereocenters. The number of nitrogens with zero attached hydrogens (tertiary/aromatic N) is 1. The maximum Gasteiger partial charge on any atom is 0.341 e. The van der Waals surface area contributed by atoms with Crippen LogP contribution < -0.4 is 10.7 Å². The highest BCUT2D eigenvalue weighted by atomic mass is 32.1. The molecule has 0 saturated heterocycles. The van der Waals surface area contributed by atoms with E-state index in [0.717, 1.165) is 34.6 Å². The lowest BCUT2D eigenvalue weighted by Crippen LogP contribution is -2.25. The topological polar surface area (TPSA) is 79.8 Å². The van der Waals surface area contributed by atoms with E-state index in [4.69, 9.17) is 4.74 Å². The second kappa shape index (κ2) is 8.46. The fourth-order valence-electron chi connectivity index (χ4n) is 2.91. The van der Waals surface area contributed by atoms with Crippen molar-refractivity contribution in [3.05, 3.63) is 38.4 Å². The lowest BCUT2D eigenvalue weighted by molar-refractivity contribution is 0.0526. The van der Waals surface area contributed by atoms with Crippen LogP contribution in [0.15, 0.2) is 22.6 Å². The number of fused-ring (bicyclic) bond motifs is 1. The normalized spacial score (nSPS) is 16.3. The first-order valence-electron chi connectivity index (χ1n) is 8.53. The Morgan fingerprint density at radius 3 is 3.04 bits per heavy atom. The van der Waals surface area contributed by atoms with E-state index in [1.54, 1.807) is 13.1 Å². The van der Waals surface area contributed by atoms with Gasteiger partial charge in [-0.1, -0.05) is 13.0 Å². The van der Waals surface area contributed by atoms with Crippen LogP contribution in [-0.2, 0) is 17.6 Å². The summed E-state index contributed by atoms with van der Waals surface area (Å²) in [6, 6.07) is 3.34. The maximum atomic E-state index is 12.4. The minimum atomic E-state index is -0.477. The van der Waals surface area contributed by atoms with Crippen molar-refractivity contribution < 1.29 is 14.3 Å². The van der Waals surface area contributed by atoms with Crippen molar-refractivity contribution in [1.82, 2.24) is 5.43 Å². The number of ether oxygens (including phenoxy) is 1. The third-order valence-corrected chi connectivity index (χ3v) is 6.10. The molecule has 2 aromatic rings. The zero-order valence-corrected chi connectivity index (χ0v) is 16.3. The van der Waals surface area contributed by atoms with Gasteiger partial charge in [0.2, 0.25) is 0 Å². The Bertz CT molecular complexity index is 812. The third kappa shape index (κ3) is 4.31. The lowest BCUT2D eigenvalue weighted by atomic mass is 9.88. The summed E-state index contributed by atoms with van der Waals surface area (Å²) in [4.78, 5) is 26.7. The minimum absolute atomic E-state index is 0.302. The van der Waals surface area contributed by atoms with Gasteiger partial charge in [-0.05, 0) is 49.1 Å². The standard InChI is InChI=1S/C18H21N3O3S2/c1-3-24-17(22)15-13-7-6-11(2)9-14(13)26-16(15)20-18(23)21-19-10-12-5-4-8-25-12/h4-5,8,10-11H,3,6-7,9H2,1-2H3,(H2,20,21,23)/t11-/m1/s1. The Hall–Kier alpha value is -2.19. The predicted octanol–water partition coefficient (Wildman–Crippen LogP) is 4.27. The Labute approximate surface area is 160 Å². The number of carbonyl (C=O) groups excluding carboxylic acids is 2. The van der Waals surface area contributed by atoms with Crippen molar-refractivity contribution in [3.63, 3.8) is 0 Å². The lowest BCUT2D eigenvalue weighted by Gasteiger charge is -2.18. The van der Waals surface area contributed by atoms with Crippen molar-refractivity contribution in [2.24, 2.45) is 11.0 Å². The number of nitrogens with one attached hydrogen (secondary N) is 2. The Morgan fingerprint density at radius 1 is 1.46 bits per heavy atom. The molecule has 0 aromatic carbocycles. The molecule has 1 aliphatic carbocycles. The van der Waals surface area contributed by atoms with E-state index in [9.17, 15) is 9.59 Å². The molecule has 2 heterocycles. The van der Waals surface area contributed by atoms with Gasteiger partial charge in [0.05, 0.1) is 18.4 Å². The summed E-state index contributed by atoms with van der Waals surface area (Å²) in [6.45, 7) is 4.28. The number of thiophene rings is 2. The molecule has 2 N–H and O–H groups in total.